The van der Waals surface area contributed by atoms with Gasteiger partial charge in [-0.2, -0.15) is 12.7 Å². The molecule has 1 aliphatic rings. The van der Waals surface area contributed by atoms with Gasteiger partial charge in [0.25, 0.3) is 10.0 Å². The van der Waals surface area contributed by atoms with Crippen LogP contribution >= 0.6 is 0 Å². The molecule has 1 saturated heterocycles. The molecule has 0 bridgehead atoms. The fraction of sp³-hybridized carbons (Fsp3) is 0.208. The van der Waals surface area contributed by atoms with E-state index in [1.54, 1.807) is 30.3 Å². The molecule has 0 radical (unpaired) electrons. The number of hydrogen-bond donors (Lipinski definition) is 1. The minimum absolute atomic E-state index is 0.00200. The number of piperidine rings is 1. The Balaban J connectivity index is 1.71. The van der Waals surface area contributed by atoms with Gasteiger partial charge in [-0.15, -0.1) is 4.40 Å². The van der Waals surface area contributed by atoms with Crippen LogP contribution in [0, 0.1) is 5.82 Å². The molecule has 178 valence electrons. The van der Waals surface area contributed by atoms with Gasteiger partial charge in [0.1, 0.15) is 5.82 Å². The van der Waals surface area contributed by atoms with Gasteiger partial charge in [-0.3, -0.25) is 0 Å². The van der Waals surface area contributed by atoms with Gasteiger partial charge in [-0.25, -0.2) is 12.8 Å². The van der Waals surface area contributed by atoms with Crippen LogP contribution in [0.1, 0.15) is 24.8 Å². The molecular formula is C24H24FN3O4S2. The Hall–Kier alpha value is -3.08. The van der Waals surface area contributed by atoms with Crippen molar-refractivity contribution in [3.63, 3.8) is 0 Å². The molecule has 4 rings (SSSR count). The van der Waals surface area contributed by atoms with Gasteiger partial charge in [0.05, 0.1) is 9.79 Å². The van der Waals surface area contributed by atoms with Gasteiger partial charge in [-0.05, 0) is 67.4 Å². The summed E-state index contributed by atoms with van der Waals surface area (Å²) in [5.41, 5.74) is 0.662. The van der Waals surface area contributed by atoms with E-state index in [2.05, 4.69) is 9.71 Å². The summed E-state index contributed by atoms with van der Waals surface area (Å²) in [4.78, 5) is 0.0987. The van der Waals surface area contributed by atoms with E-state index in [0.717, 1.165) is 19.3 Å². The van der Waals surface area contributed by atoms with Crippen LogP contribution in [0.4, 0.5) is 10.1 Å². The number of rotatable bonds is 6. The summed E-state index contributed by atoms with van der Waals surface area (Å²) in [5, 5.41) is 2.92. The van der Waals surface area contributed by atoms with Gasteiger partial charge in [0, 0.05) is 24.3 Å². The standard InChI is InChI=1S/C24H24FN3O4S2/c25-20-14-12-19(13-15-20)24(27-33(29,30)22-9-3-1-4-10-22)26-21-8-7-11-23(18-21)34(31,32)28-16-5-2-6-17-28/h1,3-4,7-15,18H,2,5-6,16-17H2,(H,26,27). The third-order valence-electron chi connectivity index (χ3n) is 5.42. The summed E-state index contributed by atoms with van der Waals surface area (Å²) in [6.45, 7) is 0.940. The molecule has 0 unspecified atom stereocenters. The van der Waals surface area contributed by atoms with E-state index >= 15 is 0 Å². The maximum Gasteiger partial charge on any atom is 0.284 e. The molecule has 7 nitrogen and oxygen atoms in total. The third kappa shape index (κ3) is 5.52. The SMILES string of the molecule is O=S(=O)(/N=C(/Nc1cccc(S(=O)(=O)N2CCCCC2)c1)c1ccc(F)cc1)c1ccccc1. The molecule has 1 N–H and O–H groups in total. The maximum atomic E-state index is 13.5. The van der Waals surface area contributed by atoms with Crippen LogP contribution in [0.25, 0.3) is 0 Å². The van der Waals surface area contributed by atoms with Crippen molar-refractivity contribution in [2.75, 3.05) is 18.4 Å². The fourth-order valence-corrected chi connectivity index (χ4v) is 6.21. The van der Waals surface area contributed by atoms with E-state index in [9.17, 15) is 21.2 Å². The molecule has 0 atom stereocenters. The molecule has 1 heterocycles. The first-order chi connectivity index (χ1) is 16.3. The zero-order valence-electron chi connectivity index (χ0n) is 18.3. The number of nitrogens with zero attached hydrogens (tertiary/aromatic N) is 2. The van der Waals surface area contributed by atoms with Crippen molar-refractivity contribution < 1.29 is 21.2 Å². The van der Waals surface area contributed by atoms with E-state index in [1.807, 2.05) is 0 Å². The van der Waals surface area contributed by atoms with E-state index in [1.165, 1.54) is 52.8 Å². The first kappa shape index (κ1) is 24.1. The van der Waals surface area contributed by atoms with Gasteiger partial charge < -0.3 is 5.32 Å². The number of anilines is 1. The molecule has 0 saturated carbocycles. The van der Waals surface area contributed by atoms with Crippen LogP contribution < -0.4 is 5.32 Å². The Morgan fingerprint density at radius 1 is 0.794 bits per heavy atom. The lowest BCUT2D eigenvalue weighted by Gasteiger charge is -2.26. The topological polar surface area (TPSA) is 95.9 Å². The first-order valence-corrected chi connectivity index (χ1v) is 13.7. The monoisotopic (exact) mass is 501 g/mol. The Morgan fingerprint density at radius 2 is 1.44 bits per heavy atom. The molecule has 1 aliphatic heterocycles. The number of halogens is 1. The molecule has 0 aromatic heterocycles. The highest BCUT2D eigenvalue weighted by Crippen LogP contribution is 2.24. The van der Waals surface area contributed by atoms with E-state index in [0.29, 0.717) is 24.3 Å². The lowest BCUT2D eigenvalue weighted by molar-refractivity contribution is 0.346. The molecule has 0 spiro atoms. The lowest BCUT2D eigenvalue weighted by Crippen LogP contribution is -2.35. The molecular weight excluding hydrogens is 477 g/mol. The van der Waals surface area contributed by atoms with Crippen molar-refractivity contribution in [2.45, 2.75) is 29.1 Å². The highest BCUT2D eigenvalue weighted by molar-refractivity contribution is 7.90. The molecule has 10 heteroatoms. The van der Waals surface area contributed by atoms with Crippen molar-refractivity contribution >= 4 is 31.6 Å². The number of benzene rings is 3. The minimum atomic E-state index is -4.09. The van der Waals surface area contributed by atoms with E-state index in [4.69, 9.17) is 0 Å². The van der Waals surface area contributed by atoms with Crippen LogP contribution in [0.3, 0.4) is 0 Å². The van der Waals surface area contributed by atoms with Crippen molar-refractivity contribution in [2.24, 2.45) is 4.40 Å². The Labute approximate surface area is 199 Å². The van der Waals surface area contributed by atoms with Crippen LogP contribution in [0.5, 0.6) is 0 Å². The second-order valence-corrected chi connectivity index (χ2v) is 11.4. The quantitative estimate of drug-likeness (QED) is 0.403. The van der Waals surface area contributed by atoms with Crippen molar-refractivity contribution in [3.8, 4) is 0 Å². The van der Waals surface area contributed by atoms with Crippen LogP contribution in [0.2, 0.25) is 0 Å². The normalized spacial score (nSPS) is 15.7. The lowest BCUT2D eigenvalue weighted by atomic mass is 10.2. The van der Waals surface area contributed by atoms with Crippen molar-refractivity contribution in [1.82, 2.24) is 4.31 Å². The second-order valence-electron chi connectivity index (χ2n) is 7.85. The smallest absolute Gasteiger partial charge is 0.284 e. The highest BCUT2D eigenvalue weighted by atomic mass is 32.2. The predicted octanol–water partition coefficient (Wildman–Crippen LogP) is 4.25. The van der Waals surface area contributed by atoms with E-state index < -0.39 is 25.9 Å². The summed E-state index contributed by atoms with van der Waals surface area (Å²) in [6, 6.07) is 19.0. The van der Waals surface area contributed by atoms with Gasteiger partial charge in [-0.1, -0.05) is 30.7 Å². The Bertz CT molecular complexity index is 1390. The number of hydrogen-bond acceptors (Lipinski definition) is 4. The Kier molecular flexibility index (Phi) is 7.11. The molecule has 3 aromatic carbocycles. The number of nitrogens with one attached hydrogen (secondary N) is 1. The second kappa shape index (κ2) is 10.0. The van der Waals surface area contributed by atoms with Crippen molar-refractivity contribution in [1.29, 1.82) is 0 Å². The van der Waals surface area contributed by atoms with Crippen LogP contribution in [-0.4, -0.2) is 40.1 Å². The largest absolute Gasteiger partial charge is 0.339 e. The highest BCUT2D eigenvalue weighted by Gasteiger charge is 2.26. The Morgan fingerprint density at radius 3 is 2.12 bits per heavy atom. The molecule has 1 fully saturated rings. The summed E-state index contributed by atoms with van der Waals surface area (Å²) >= 11 is 0. The van der Waals surface area contributed by atoms with Gasteiger partial charge >= 0.3 is 0 Å². The zero-order chi connectivity index (χ0) is 24.2. The molecule has 0 amide bonds. The third-order valence-corrected chi connectivity index (χ3v) is 8.61. The summed E-state index contributed by atoms with van der Waals surface area (Å²) in [5.74, 6) is -0.542. The average Bonchev–Trinajstić information content (AvgIpc) is 2.85. The number of sulfonamides is 2. The summed E-state index contributed by atoms with van der Waals surface area (Å²) in [6.07, 6.45) is 2.63. The van der Waals surface area contributed by atoms with Crippen LogP contribution in [0.15, 0.2) is 93.1 Å². The number of amidine groups is 1. The first-order valence-electron chi connectivity index (χ1n) is 10.8. The summed E-state index contributed by atoms with van der Waals surface area (Å²) in [7, 11) is -7.77. The zero-order valence-corrected chi connectivity index (χ0v) is 19.9. The minimum Gasteiger partial charge on any atom is -0.339 e. The fourth-order valence-electron chi connectivity index (χ4n) is 3.65. The molecule has 34 heavy (non-hydrogen) atoms. The van der Waals surface area contributed by atoms with Gasteiger partial charge in [0.2, 0.25) is 10.0 Å². The van der Waals surface area contributed by atoms with Crippen molar-refractivity contribution in [3.05, 3.63) is 90.2 Å². The molecule has 3 aromatic rings. The van der Waals surface area contributed by atoms with Gasteiger partial charge in [0.15, 0.2) is 5.84 Å². The maximum absolute atomic E-state index is 13.5. The summed E-state index contributed by atoms with van der Waals surface area (Å²) < 4.78 is 70.9. The van der Waals surface area contributed by atoms with Crippen LogP contribution in [-0.2, 0) is 20.0 Å². The average molecular weight is 502 g/mol. The van der Waals surface area contributed by atoms with E-state index in [-0.39, 0.29) is 15.6 Å². The predicted molar refractivity (Wildman–Crippen MR) is 129 cm³/mol. The molecule has 0 aliphatic carbocycles.